The second-order valence-electron chi connectivity index (χ2n) is 3.94. The number of aromatic nitrogens is 1. The maximum atomic E-state index is 11.7. The van der Waals surface area contributed by atoms with E-state index in [0.29, 0.717) is 6.42 Å². The Kier molecular flexibility index (Phi) is 4.18. The maximum absolute atomic E-state index is 11.7. The molecule has 0 aliphatic rings. The molecule has 2 rings (SSSR count). The minimum Gasteiger partial charge on any atom is -0.348 e. The van der Waals surface area contributed by atoms with Crippen molar-refractivity contribution in [2.45, 2.75) is 26.3 Å². The Hall–Kier alpha value is -0.870. The van der Waals surface area contributed by atoms with Crippen LogP contribution in [0, 0.1) is 0 Å². The number of hydrogen-bond donors (Lipinski definition) is 0. The van der Waals surface area contributed by atoms with Gasteiger partial charge in [0.05, 0.1) is 6.54 Å². The first kappa shape index (κ1) is 12.6. The standard InChI is InChI=1S/C13H14BrNOS/c1-2-3-12(16)10-4-6-15(8-10)9-13-11(14)5-7-17-13/h4-8H,2-3,9H2,1H3. The number of thiophene rings is 1. The second-order valence-corrected chi connectivity index (χ2v) is 5.79. The predicted octanol–water partition coefficient (Wildman–Crippen LogP) is 4.34. The molecule has 90 valence electrons. The van der Waals surface area contributed by atoms with Crippen molar-refractivity contribution in [3.63, 3.8) is 0 Å². The first-order valence-corrected chi connectivity index (χ1v) is 7.29. The zero-order valence-electron chi connectivity index (χ0n) is 9.65. The number of halogens is 1. The normalized spacial score (nSPS) is 10.7. The minimum atomic E-state index is 0.233. The summed E-state index contributed by atoms with van der Waals surface area (Å²) in [4.78, 5) is 13.0. The number of nitrogens with zero attached hydrogens (tertiary/aromatic N) is 1. The molecule has 0 atom stereocenters. The van der Waals surface area contributed by atoms with E-state index in [1.54, 1.807) is 11.3 Å². The van der Waals surface area contributed by atoms with Crippen LogP contribution in [0.5, 0.6) is 0 Å². The van der Waals surface area contributed by atoms with E-state index in [1.807, 2.05) is 31.5 Å². The van der Waals surface area contributed by atoms with E-state index in [4.69, 9.17) is 0 Å². The molecule has 2 nitrogen and oxygen atoms in total. The van der Waals surface area contributed by atoms with Crippen LogP contribution in [0.2, 0.25) is 0 Å². The average molecular weight is 312 g/mol. The maximum Gasteiger partial charge on any atom is 0.164 e. The highest BCUT2D eigenvalue weighted by Crippen LogP contribution is 2.23. The van der Waals surface area contributed by atoms with Crippen molar-refractivity contribution in [2.24, 2.45) is 0 Å². The largest absolute Gasteiger partial charge is 0.348 e. The fraction of sp³-hybridized carbons (Fsp3) is 0.308. The minimum absolute atomic E-state index is 0.233. The summed E-state index contributed by atoms with van der Waals surface area (Å²) < 4.78 is 3.19. The molecule has 0 aliphatic heterocycles. The van der Waals surface area contributed by atoms with Gasteiger partial charge in [-0.1, -0.05) is 6.92 Å². The van der Waals surface area contributed by atoms with Crippen molar-refractivity contribution >= 4 is 33.0 Å². The molecule has 4 heteroatoms. The fourth-order valence-corrected chi connectivity index (χ4v) is 3.16. The van der Waals surface area contributed by atoms with Crippen molar-refractivity contribution in [2.75, 3.05) is 0 Å². The first-order chi connectivity index (χ1) is 8.20. The van der Waals surface area contributed by atoms with Crippen LogP contribution in [0.15, 0.2) is 34.4 Å². The van der Waals surface area contributed by atoms with Crippen LogP contribution < -0.4 is 0 Å². The molecule has 2 aromatic heterocycles. The molecule has 0 aliphatic carbocycles. The molecule has 0 bridgehead atoms. The van der Waals surface area contributed by atoms with Gasteiger partial charge >= 0.3 is 0 Å². The van der Waals surface area contributed by atoms with Crippen molar-refractivity contribution < 1.29 is 4.79 Å². The summed E-state index contributed by atoms with van der Waals surface area (Å²) in [5.41, 5.74) is 0.819. The van der Waals surface area contributed by atoms with E-state index >= 15 is 0 Å². The van der Waals surface area contributed by atoms with Gasteiger partial charge in [0.1, 0.15) is 0 Å². The molecule has 2 aromatic rings. The lowest BCUT2D eigenvalue weighted by molar-refractivity contribution is 0.0981. The van der Waals surface area contributed by atoms with Crippen molar-refractivity contribution in [1.29, 1.82) is 0 Å². The van der Waals surface area contributed by atoms with Crippen LogP contribution >= 0.6 is 27.3 Å². The molecule has 0 unspecified atom stereocenters. The SMILES string of the molecule is CCCC(=O)c1ccn(Cc2sccc2Br)c1. The lowest BCUT2D eigenvalue weighted by Gasteiger charge is -2.00. The molecule has 2 heterocycles. The third kappa shape index (κ3) is 3.07. The van der Waals surface area contributed by atoms with Gasteiger partial charge in [0, 0.05) is 33.7 Å². The van der Waals surface area contributed by atoms with Crippen molar-refractivity contribution in [3.05, 3.63) is 44.8 Å². The van der Waals surface area contributed by atoms with Crippen LogP contribution in [0.1, 0.15) is 35.0 Å². The third-order valence-electron chi connectivity index (χ3n) is 2.57. The number of rotatable bonds is 5. The molecular formula is C13H14BrNOS. The Labute approximate surface area is 113 Å². The van der Waals surface area contributed by atoms with Crippen LogP contribution in [0.3, 0.4) is 0 Å². The predicted molar refractivity (Wildman–Crippen MR) is 74.8 cm³/mol. The van der Waals surface area contributed by atoms with Gasteiger partial charge < -0.3 is 4.57 Å². The van der Waals surface area contributed by atoms with E-state index in [9.17, 15) is 4.79 Å². The highest BCUT2D eigenvalue weighted by Gasteiger charge is 2.07. The van der Waals surface area contributed by atoms with E-state index in [0.717, 1.165) is 23.0 Å². The number of hydrogen-bond acceptors (Lipinski definition) is 2. The van der Waals surface area contributed by atoms with E-state index in [-0.39, 0.29) is 5.78 Å². The van der Waals surface area contributed by atoms with Gasteiger partial charge in [0.25, 0.3) is 0 Å². The highest BCUT2D eigenvalue weighted by atomic mass is 79.9. The monoisotopic (exact) mass is 311 g/mol. The number of carbonyl (C=O) groups excluding carboxylic acids is 1. The molecule has 0 amide bonds. The van der Waals surface area contributed by atoms with E-state index < -0.39 is 0 Å². The Morgan fingerprint density at radius 3 is 2.94 bits per heavy atom. The summed E-state index contributed by atoms with van der Waals surface area (Å²) >= 11 is 5.23. The number of Topliss-reactive ketones (excluding diaryl/α,β-unsaturated/α-hetero) is 1. The van der Waals surface area contributed by atoms with E-state index in [1.165, 1.54) is 4.88 Å². The molecule has 0 spiro atoms. The molecule has 0 fully saturated rings. The van der Waals surface area contributed by atoms with Crippen LogP contribution in [0.25, 0.3) is 0 Å². The van der Waals surface area contributed by atoms with Gasteiger partial charge in [-0.25, -0.2) is 0 Å². The number of ketones is 1. The van der Waals surface area contributed by atoms with Gasteiger partial charge in [0.2, 0.25) is 0 Å². The van der Waals surface area contributed by atoms with Crippen molar-refractivity contribution in [3.8, 4) is 0 Å². The molecule has 0 radical (unpaired) electrons. The Morgan fingerprint density at radius 1 is 1.47 bits per heavy atom. The van der Waals surface area contributed by atoms with Crippen LogP contribution in [-0.2, 0) is 6.54 Å². The van der Waals surface area contributed by atoms with E-state index in [2.05, 4.69) is 25.9 Å². The summed E-state index contributed by atoms with van der Waals surface area (Å²) in [7, 11) is 0. The van der Waals surface area contributed by atoms with Gasteiger partial charge in [0.15, 0.2) is 5.78 Å². The Balaban J connectivity index is 2.09. The molecule has 0 saturated carbocycles. The molecule has 0 saturated heterocycles. The van der Waals surface area contributed by atoms with Gasteiger partial charge in [-0.2, -0.15) is 0 Å². The van der Waals surface area contributed by atoms with Gasteiger partial charge in [-0.05, 0) is 39.9 Å². The van der Waals surface area contributed by atoms with Crippen molar-refractivity contribution in [1.82, 2.24) is 4.57 Å². The van der Waals surface area contributed by atoms with Gasteiger partial charge in [-0.3, -0.25) is 4.79 Å². The summed E-state index contributed by atoms with van der Waals surface area (Å²) in [5, 5.41) is 2.06. The average Bonchev–Trinajstić information content (AvgIpc) is 2.90. The lowest BCUT2D eigenvalue weighted by Crippen LogP contribution is -1.98. The quantitative estimate of drug-likeness (QED) is 0.753. The third-order valence-corrected chi connectivity index (χ3v) is 4.48. The topological polar surface area (TPSA) is 22.0 Å². The summed E-state index contributed by atoms with van der Waals surface area (Å²) in [6.07, 6.45) is 5.44. The first-order valence-electron chi connectivity index (χ1n) is 5.61. The molecular weight excluding hydrogens is 298 g/mol. The Bertz CT molecular complexity index is 515. The summed E-state index contributed by atoms with van der Waals surface area (Å²) in [5.74, 6) is 0.233. The second kappa shape index (κ2) is 5.65. The molecule has 17 heavy (non-hydrogen) atoms. The zero-order valence-corrected chi connectivity index (χ0v) is 12.1. The summed E-state index contributed by atoms with van der Waals surface area (Å²) in [6, 6.07) is 3.95. The van der Waals surface area contributed by atoms with Gasteiger partial charge in [-0.15, -0.1) is 11.3 Å². The molecule has 0 aromatic carbocycles. The highest BCUT2D eigenvalue weighted by molar-refractivity contribution is 9.10. The summed E-state index contributed by atoms with van der Waals surface area (Å²) in [6.45, 7) is 2.84. The lowest BCUT2D eigenvalue weighted by atomic mass is 10.1. The molecule has 0 N–H and O–H groups in total. The van der Waals surface area contributed by atoms with Crippen LogP contribution in [-0.4, -0.2) is 10.4 Å². The fourth-order valence-electron chi connectivity index (χ4n) is 1.68. The smallest absolute Gasteiger partial charge is 0.164 e. The Morgan fingerprint density at radius 2 is 2.29 bits per heavy atom. The number of carbonyl (C=O) groups is 1. The van der Waals surface area contributed by atoms with Crippen LogP contribution in [0.4, 0.5) is 0 Å². The zero-order chi connectivity index (χ0) is 12.3.